The smallest absolute Gasteiger partial charge is 0.258 e. The highest BCUT2D eigenvalue weighted by atomic mass is 16.5. The summed E-state index contributed by atoms with van der Waals surface area (Å²) in [7, 11) is 0. The minimum absolute atomic E-state index is 0.0333. The van der Waals surface area contributed by atoms with Crippen LogP contribution in [-0.2, 0) is 4.74 Å². The predicted molar refractivity (Wildman–Crippen MR) is 54.6 cm³/mol. The number of nitrogen functional groups attached to an aromatic ring is 1. The van der Waals surface area contributed by atoms with Gasteiger partial charge in [-0.15, -0.1) is 0 Å². The molecule has 0 radical (unpaired) electrons. The lowest BCUT2D eigenvalue weighted by atomic mass is 10.1. The molecule has 3 atom stereocenters. The van der Waals surface area contributed by atoms with Gasteiger partial charge in [0.25, 0.3) is 5.56 Å². The van der Waals surface area contributed by atoms with E-state index in [4.69, 9.17) is 15.6 Å². The highest BCUT2D eigenvalue weighted by molar-refractivity contribution is 5.20. The van der Waals surface area contributed by atoms with E-state index in [1.54, 1.807) is 0 Å². The van der Waals surface area contributed by atoms with Crippen molar-refractivity contribution < 1.29 is 14.9 Å². The number of hydrogen-bond acceptors (Lipinski definition) is 6. The minimum Gasteiger partial charge on any atom is -0.394 e. The molecule has 2 heterocycles. The molecule has 1 fully saturated rings. The Morgan fingerprint density at radius 3 is 3.00 bits per heavy atom. The summed E-state index contributed by atoms with van der Waals surface area (Å²) in [6, 6.07) is 0. The Labute approximate surface area is 90.9 Å². The second-order valence-corrected chi connectivity index (χ2v) is 3.70. The monoisotopic (exact) mass is 227 g/mol. The summed E-state index contributed by atoms with van der Waals surface area (Å²) in [4.78, 5) is 17.6. The molecule has 7 nitrogen and oxygen atoms in total. The van der Waals surface area contributed by atoms with Crippen LogP contribution in [0.5, 0.6) is 0 Å². The number of aliphatic hydroxyl groups is 2. The van der Waals surface area contributed by atoms with E-state index in [-0.39, 0.29) is 24.5 Å². The van der Waals surface area contributed by atoms with E-state index in [9.17, 15) is 9.90 Å². The molecule has 0 unspecified atom stereocenters. The quantitative estimate of drug-likeness (QED) is 0.489. The van der Waals surface area contributed by atoms with Crippen LogP contribution in [0.4, 0.5) is 5.95 Å². The fraction of sp³-hybridized carbons (Fsp3) is 0.556. The van der Waals surface area contributed by atoms with Crippen LogP contribution in [0.1, 0.15) is 18.1 Å². The highest BCUT2D eigenvalue weighted by Gasteiger charge is 2.35. The van der Waals surface area contributed by atoms with Gasteiger partial charge in [-0.2, -0.15) is 0 Å². The molecule has 16 heavy (non-hydrogen) atoms. The number of nitrogens with one attached hydrogen (secondary N) is 1. The molecule has 1 aliphatic rings. The maximum absolute atomic E-state index is 11.5. The fourth-order valence-corrected chi connectivity index (χ4v) is 1.74. The van der Waals surface area contributed by atoms with Crippen LogP contribution in [0, 0.1) is 0 Å². The van der Waals surface area contributed by atoms with Gasteiger partial charge in [0, 0.05) is 12.6 Å². The van der Waals surface area contributed by atoms with Gasteiger partial charge in [-0.3, -0.25) is 9.78 Å². The van der Waals surface area contributed by atoms with E-state index < -0.39 is 18.3 Å². The lowest BCUT2D eigenvalue weighted by Crippen LogP contribution is -2.24. The maximum Gasteiger partial charge on any atom is 0.258 e. The molecule has 2 rings (SSSR count). The molecular formula is C9H13N3O4. The van der Waals surface area contributed by atoms with Gasteiger partial charge in [0.1, 0.15) is 6.10 Å². The second-order valence-electron chi connectivity index (χ2n) is 3.70. The molecule has 0 aromatic carbocycles. The average molecular weight is 227 g/mol. The number of aromatic amines is 1. The largest absolute Gasteiger partial charge is 0.394 e. The first-order chi connectivity index (χ1) is 7.61. The summed E-state index contributed by atoms with van der Waals surface area (Å²) in [6.07, 6.45) is -0.386. The van der Waals surface area contributed by atoms with E-state index in [0.29, 0.717) is 5.56 Å². The van der Waals surface area contributed by atoms with E-state index in [1.165, 1.54) is 6.20 Å². The molecule has 0 bridgehead atoms. The Balaban J connectivity index is 2.23. The normalized spacial score (nSPS) is 29.5. The van der Waals surface area contributed by atoms with Crippen molar-refractivity contribution in [2.75, 3.05) is 12.3 Å². The zero-order valence-electron chi connectivity index (χ0n) is 8.46. The van der Waals surface area contributed by atoms with Crippen molar-refractivity contribution in [3.8, 4) is 0 Å². The van der Waals surface area contributed by atoms with Crippen molar-refractivity contribution in [2.45, 2.75) is 24.7 Å². The van der Waals surface area contributed by atoms with Crippen molar-refractivity contribution >= 4 is 5.95 Å². The molecule has 88 valence electrons. The summed E-state index contributed by atoms with van der Waals surface area (Å²) >= 11 is 0. The number of aromatic nitrogens is 2. The first kappa shape index (κ1) is 11.1. The molecule has 7 heteroatoms. The summed E-state index contributed by atoms with van der Waals surface area (Å²) < 4.78 is 5.33. The standard InChI is InChI=1S/C9H13N3O4/c10-9-11-2-4(8(15)12-9)6-1-5(14)7(3-13)16-6/h2,5-7,13-14H,1,3H2,(H3,10,11,12,15)/t5-,6+,7+/m0/s1. The molecule has 1 aromatic rings. The predicted octanol–water partition coefficient (Wildman–Crippen LogP) is -1.46. The third kappa shape index (κ3) is 1.92. The third-order valence-corrected chi connectivity index (χ3v) is 2.60. The number of aliphatic hydroxyl groups excluding tert-OH is 2. The van der Waals surface area contributed by atoms with Gasteiger partial charge < -0.3 is 20.7 Å². The van der Waals surface area contributed by atoms with Crippen LogP contribution in [0.15, 0.2) is 11.0 Å². The summed E-state index contributed by atoms with van der Waals surface area (Å²) in [6.45, 7) is -0.280. The van der Waals surface area contributed by atoms with Gasteiger partial charge in [-0.1, -0.05) is 0 Å². The lowest BCUT2D eigenvalue weighted by molar-refractivity contribution is -0.0229. The maximum atomic E-state index is 11.5. The summed E-state index contributed by atoms with van der Waals surface area (Å²) in [5.74, 6) is 0.0333. The Morgan fingerprint density at radius 2 is 2.44 bits per heavy atom. The van der Waals surface area contributed by atoms with E-state index >= 15 is 0 Å². The molecule has 1 saturated heterocycles. The molecule has 0 aliphatic carbocycles. The van der Waals surface area contributed by atoms with Crippen LogP contribution in [0.3, 0.4) is 0 Å². The van der Waals surface area contributed by atoms with Gasteiger partial charge in [-0.05, 0) is 0 Å². The van der Waals surface area contributed by atoms with Crippen molar-refractivity contribution in [1.29, 1.82) is 0 Å². The van der Waals surface area contributed by atoms with E-state index in [1.807, 2.05) is 0 Å². The van der Waals surface area contributed by atoms with Crippen LogP contribution in [0.2, 0.25) is 0 Å². The number of H-pyrrole nitrogens is 1. The zero-order valence-corrected chi connectivity index (χ0v) is 8.46. The lowest BCUT2D eigenvalue weighted by Gasteiger charge is -2.11. The van der Waals surface area contributed by atoms with Gasteiger partial charge in [-0.25, -0.2) is 4.98 Å². The number of anilines is 1. The second kappa shape index (κ2) is 4.20. The molecular weight excluding hydrogens is 214 g/mol. The van der Waals surface area contributed by atoms with Gasteiger partial charge in [0.2, 0.25) is 0 Å². The molecule has 1 aromatic heterocycles. The number of nitrogens with two attached hydrogens (primary N) is 1. The molecule has 0 spiro atoms. The van der Waals surface area contributed by atoms with Gasteiger partial charge in [0.15, 0.2) is 5.95 Å². The summed E-state index contributed by atoms with van der Waals surface area (Å²) in [5.41, 5.74) is 5.23. The third-order valence-electron chi connectivity index (χ3n) is 2.60. The Hall–Kier alpha value is -1.44. The van der Waals surface area contributed by atoms with E-state index in [0.717, 1.165) is 0 Å². The van der Waals surface area contributed by atoms with Crippen LogP contribution >= 0.6 is 0 Å². The SMILES string of the molecule is Nc1ncc([C@H]2C[C@H](O)[C@@H](CO)O2)c(=O)[nH]1. The van der Waals surface area contributed by atoms with Crippen molar-refractivity contribution in [2.24, 2.45) is 0 Å². The Kier molecular flexibility index (Phi) is 2.90. The molecule has 0 amide bonds. The Morgan fingerprint density at radius 1 is 1.69 bits per heavy atom. The van der Waals surface area contributed by atoms with Crippen LogP contribution in [0.25, 0.3) is 0 Å². The molecule has 0 saturated carbocycles. The van der Waals surface area contributed by atoms with Crippen molar-refractivity contribution in [1.82, 2.24) is 9.97 Å². The molecule has 5 N–H and O–H groups in total. The number of ether oxygens (including phenoxy) is 1. The van der Waals surface area contributed by atoms with Crippen LogP contribution < -0.4 is 11.3 Å². The highest BCUT2D eigenvalue weighted by Crippen LogP contribution is 2.30. The van der Waals surface area contributed by atoms with Gasteiger partial charge >= 0.3 is 0 Å². The molecule has 1 aliphatic heterocycles. The number of hydrogen-bond donors (Lipinski definition) is 4. The fourth-order valence-electron chi connectivity index (χ4n) is 1.74. The number of nitrogens with zero attached hydrogens (tertiary/aromatic N) is 1. The van der Waals surface area contributed by atoms with Crippen molar-refractivity contribution in [3.63, 3.8) is 0 Å². The summed E-state index contributed by atoms with van der Waals surface area (Å²) in [5, 5.41) is 18.4. The topological polar surface area (TPSA) is 121 Å². The first-order valence-corrected chi connectivity index (χ1v) is 4.91. The Bertz CT molecular complexity index is 433. The minimum atomic E-state index is -0.771. The van der Waals surface area contributed by atoms with Gasteiger partial charge in [0.05, 0.1) is 24.4 Å². The van der Waals surface area contributed by atoms with E-state index in [2.05, 4.69) is 9.97 Å². The van der Waals surface area contributed by atoms with Crippen LogP contribution in [-0.4, -0.2) is 39.0 Å². The zero-order chi connectivity index (χ0) is 11.7. The average Bonchev–Trinajstić information content (AvgIpc) is 2.59. The first-order valence-electron chi connectivity index (χ1n) is 4.91. The number of rotatable bonds is 2. The van der Waals surface area contributed by atoms with Crippen molar-refractivity contribution in [3.05, 3.63) is 22.1 Å².